The molecule has 2 aromatic carbocycles. The first-order chi connectivity index (χ1) is 11.3. The summed E-state index contributed by atoms with van der Waals surface area (Å²) >= 11 is 2.62. The van der Waals surface area contributed by atoms with Gasteiger partial charge in [-0.25, -0.2) is 0 Å². The van der Waals surface area contributed by atoms with Crippen LogP contribution in [0.4, 0.5) is 0 Å². The van der Waals surface area contributed by atoms with Crippen LogP contribution in [0.2, 0.25) is 0 Å². The Morgan fingerprint density at radius 1 is 0.696 bits per heavy atom. The zero-order chi connectivity index (χ0) is 19.3. The molecule has 114 valence electrons. The summed E-state index contributed by atoms with van der Waals surface area (Å²) in [6.07, 6.45) is 0. The normalized spacial score (nSPS) is 6.22. The molecule has 0 saturated heterocycles. The molecule has 0 spiro atoms. The van der Waals surface area contributed by atoms with Gasteiger partial charge in [0.15, 0.2) is 0 Å². The second kappa shape index (κ2) is 24.8. The second-order valence-corrected chi connectivity index (χ2v) is 3.44. The second-order valence-electron chi connectivity index (χ2n) is 2.83. The zero-order valence-corrected chi connectivity index (χ0v) is 12.7. The first kappa shape index (κ1) is 28.9. The molecule has 0 aliphatic heterocycles. The van der Waals surface area contributed by atoms with Crippen LogP contribution in [-0.2, 0) is 39.1 Å². The van der Waals surface area contributed by atoms with Crippen LogP contribution in [0.15, 0.2) is 42.5 Å². The van der Waals surface area contributed by atoms with Crippen LogP contribution < -0.4 is 0 Å². The van der Waals surface area contributed by atoms with Crippen molar-refractivity contribution >= 4 is 15.3 Å². The van der Waals surface area contributed by atoms with E-state index in [-0.39, 0.29) is 4.57 Å². The summed E-state index contributed by atoms with van der Waals surface area (Å²) in [7, 11) is 0. The molecule has 2 aromatic rings. The predicted octanol–water partition coefficient (Wildman–Crippen LogP) is 2.05. The van der Waals surface area contributed by atoms with E-state index in [2.05, 4.69) is 49.1 Å². The first-order valence-electron chi connectivity index (χ1n) is 5.02. The van der Waals surface area contributed by atoms with Crippen molar-refractivity contribution in [3.8, 4) is 0 Å². The number of benzene rings is 2. The van der Waals surface area contributed by atoms with E-state index in [0.29, 0.717) is 0 Å². The van der Waals surface area contributed by atoms with Crippen molar-refractivity contribution in [1.29, 1.82) is 0 Å². The average molecular weight is 348 g/mol. The number of hydrogen-bond acceptors (Lipinski definition) is 1. The quantitative estimate of drug-likeness (QED) is 0.616. The summed E-state index contributed by atoms with van der Waals surface area (Å²) in [4.78, 5) is 0. The Kier molecular flexibility index (Phi) is 31.1. The molecule has 0 saturated carbocycles. The maximum atomic E-state index is 9.38. The summed E-state index contributed by atoms with van der Waals surface area (Å²) in [5, 5.41) is 11.6. The molecule has 0 aromatic heterocycles. The van der Waals surface area contributed by atoms with Crippen LogP contribution >= 0.6 is 0 Å². The minimum atomic E-state index is 0.247. The molecule has 23 heavy (non-hydrogen) atoms. The molecule has 0 unspecified atom stereocenters. The molecule has 0 heterocycles. The van der Waals surface area contributed by atoms with Gasteiger partial charge in [-0.2, -0.15) is 0 Å². The van der Waals surface area contributed by atoms with E-state index in [0.717, 1.165) is 16.3 Å². The molecule has 1 N–H and O–H groups in total. The van der Waals surface area contributed by atoms with Gasteiger partial charge in [0.1, 0.15) is 0 Å². The van der Waals surface area contributed by atoms with E-state index >= 15 is 0 Å². The van der Waals surface area contributed by atoms with E-state index in [9.17, 15) is 5.11 Å². The third kappa shape index (κ3) is 12.0. The molecule has 6 nitrogen and oxygen atoms in total. The topological polar surface area (TPSA) is 120 Å². The first-order valence-corrected chi connectivity index (χ1v) is 5.66. The average Bonchev–Trinajstić information content (AvgIpc) is 2.69. The van der Waals surface area contributed by atoms with Crippen molar-refractivity contribution < 1.29 is 44.2 Å². The van der Waals surface area contributed by atoms with Gasteiger partial charge in [-0.1, -0.05) is 0 Å². The number of fused-ring (bicyclic) bond motifs is 1. The summed E-state index contributed by atoms with van der Waals surface area (Å²) in [5.74, 6) is 0. The standard InChI is InChI=1S/C11H8O.5CO.Cr/c12-8-10-6-3-5-9-4-1-2-7-11(9)10;5*1-2;/h1-7,12H;;;;;;. The molecule has 0 fully saturated rings. The molecule has 0 aliphatic rings. The monoisotopic (exact) mass is 348 g/mol. The summed E-state index contributed by atoms with van der Waals surface area (Å²) in [6.45, 7) is 22.5. The molecular formula is C16H8CrO6. The Morgan fingerprint density at radius 2 is 1.09 bits per heavy atom. The van der Waals surface area contributed by atoms with Crippen LogP contribution in [0.25, 0.3) is 10.8 Å². The van der Waals surface area contributed by atoms with E-state index < -0.39 is 0 Å². The van der Waals surface area contributed by atoms with Gasteiger partial charge < -0.3 is 0 Å². The van der Waals surface area contributed by atoms with Gasteiger partial charge in [0.05, 0.1) is 0 Å². The number of hydrogen-bond donors (Lipinski definition) is 1. The van der Waals surface area contributed by atoms with Crippen LogP contribution in [0, 0.1) is 33.3 Å². The van der Waals surface area contributed by atoms with Crippen LogP contribution in [-0.4, -0.2) is 9.67 Å². The molecule has 0 aliphatic carbocycles. The molecule has 0 bridgehead atoms. The Hall–Kier alpha value is -2.24. The molecular weight excluding hydrogens is 340 g/mol. The van der Waals surface area contributed by atoms with E-state index in [1.54, 1.807) is 0 Å². The van der Waals surface area contributed by atoms with Gasteiger partial charge >= 0.3 is 141 Å². The Bertz CT molecular complexity index is 627. The molecule has 0 atom stereocenters. The fourth-order valence-electron chi connectivity index (χ4n) is 1.41. The van der Waals surface area contributed by atoms with Crippen molar-refractivity contribution in [2.75, 3.05) is 0 Å². The van der Waals surface area contributed by atoms with E-state index in [4.69, 9.17) is 23.3 Å². The van der Waals surface area contributed by atoms with Crippen molar-refractivity contribution in [2.45, 2.75) is 0 Å². The zero-order valence-electron chi connectivity index (χ0n) is 11.4. The molecule has 0 amide bonds. The molecule has 0 radical (unpaired) electrons. The summed E-state index contributed by atoms with van der Waals surface area (Å²) < 4.78 is 37.7. The van der Waals surface area contributed by atoms with Crippen LogP contribution in [0.3, 0.4) is 0 Å². The fraction of sp³-hybridized carbons (Fsp3) is 0. The summed E-state index contributed by atoms with van der Waals surface area (Å²) in [6, 6.07) is 13.8. The molecule has 7 heteroatoms. The van der Waals surface area contributed by atoms with Crippen LogP contribution in [0.5, 0.6) is 0 Å². The minimum absolute atomic E-state index is 0.247. The van der Waals surface area contributed by atoms with Gasteiger partial charge in [-0.15, -0.1) is 0 Å². The van der Waals surface area contributed by atoms with Gasteiger partial charge in [0.25, 0.3) is 0 Å². The van der Waals surface area contributed by atoms with Gasteiger partial charge in [0.2, 0.25) is 0 Å². The van der Waals surface area contributed by atoms with Gasteiger partial charge in [0, 0.05) is 0 Å². The number of aliphatic hydroxyl groups is 1. The fourth-order valence-corrected chi connectivity index (χ4v) is 1.69. The summed E-state index contributed by atoms with van der Waals surface area (Å²) in [5.41, 5.74) is 0.859. The van der Waals surface area contributed by atoms with Crippen molar-refractivity contribution in [3.63, 3.8) is 0 Å². The van der Waals surface area contributed by atoms with E-state index in [1.807, 2.05) is 42.5 Å². The van der Waals surface area contributed by atoms with Crippen molar-refractivity contribution in [3.05, 3.63) is 81.3 Å². The number of rotatable bonds is 1. The predicted molar refractivity (Wildman–Crippen MR) is 69.6 cm³/mol. The molecule has 2 rings (SSSR count). The Morgan fingerprint density at radius 3 is 1.52 bits per heavy atom. The van der Waals surface area contributed by atoms with Gasteiger partial charge in [-0.3, -0.25) is 0 Å². The maximum absolute atomic E-state index is 9.38. The van der Waals surface area contributed by atoms with E-state index in [1.165, 1.54) is 0 Å². The van der Waals surface area contributed by atoms with Crippen molar-refractivity contribution in [1.82, 2.24) is 0 Å². The van der Waals surface area contributed by atoms with Crippen LogP contribution in [0.1, 0.15) is 5.56 Å². The number of aliphatic hydroxyl groups excluding tert-OH is 1. The third-order valence-electron chi connectivity index (χ3n) is 2.02. The Labute approximate surface area is 141 Å². The van der Waals surface area contributed by atoms with Gasteiger partial charge in [-0.05, 0) is 0 Å². The SMILES string of the molecule is O[C](=[Cr])c1cccc2ccccc12.[C-]#[O+].[C-]#[O+].[C-]#[O+].[C-]#[O+].[C-]#[O+]. The van der Waals surface area contributed by atoms with Crippen molar-refractivity contribution in [2.24, 2.45) is 0 Å². The third-order valence-corrected chi connectivity index (χ3v) is 2.36. The Balaban J connectivity index is -0.000000156.